The first kappa shape index (κ1) is 22.1. The van der Waals surface area contributed by atoms with E-state index in [0.29, 0.717) is 30.2 Å². The number of carboxylic acid groups (broad SMARTS) is 1. The number of hydrogen-bond acceptors (Lipinski definition) is 4. The molecule has 0 spiro atoms. The number of aliphatic carboxylic acids is 1. The molecule has 1 aliphatic rings. The summed E-state index contributed by atoms with van der Waals surface area (Å²) in [6.45, 7) is 3.56. The monoisotopic (exact) mass is 452 g/mol. The Balaban J connectivity index is 1.55. The number of carboxylic acids is 1. The smallest absolute Gasteiger partial charge is 0.306 e. The first-order chi connectivity index (χ1) is 15.3. The van der Waals surface area contributed by atoms with Crippen molar-refractivity contribution in [3.8, 4) is 11.1 Å². The van der Waals surface area contributed by atoms with Gasteiger partial charge >= 0.3 is 5.97 Å². The van der Waals surface area contributed by atoms with Crippen molar-refractivity contribution in [3.63, 3.8) is 0 Å². The predicted molar refractivity (Wildman–Crippen MR) is 122 cm³/mol. The van der Waals surface area contributed by atoms with Crippen LogP contribution in [0.1, 0.15) is 54.6 Å². The number of benzene rings is 2. The van der Waals surface area contributed by atoms with Crippen LogP contribution in [0.15, 0.2) is 59.1 Å². The maximum absolute atomic E-state index is 12.8. The average molecular weight is 453 g/mol. The summed E-state index contributed by atoms with van der Waals surface area (Å²) in [6.07, 6.45) is 3.01. The van der Waals surface area contributed by atoms with E-state index in [0.717, 1.165) is 16.7 Å². The summed E-state index contributed by atoms with van der Waals surface area (Å²) in [7, 11) is 0. The van der Waals surface area contributed by atoms with Gasteiger partial charge in [0.25, 0.3) is 5.91 Å². The second-order valence-electron chi connectivity index (χ2n) is 8.41. The molecule has 6 nitrogen and oxygen atoms in total. The lowest BCUT2D eigenvalue weighted by molar-refractivity contribution is -0.141. The number of amides is 1. The van der Waals surface area contributed by atoms with Crippen molar-refractivity contribution >= 4 is 23.5 Å². The van der Waals surface area contributed by atoms with Crippen LogP contribution in [-0.4, -0.2) is 27.5 Å². The zero-order valence-corrected chi connectivity index (χ0v) is 18.7. The molecule has 2 aromatic carbocycles. The zero-order chi connectivity index (χ0) is 22.9. The van der Waals surface area contributed by atoms with Crippen LogP contribution in [-0.2, 0) is 11.2 Å². The van der Waals surface area contributed by atoms with Crippen molar-refractivity contribution < 1.29 is 19.1 Å². The van der Waals surface area contributed by atoms with Crippen molar-refractivity contribution in [2.45, 2.75) is 44.6 Å². The maximum Gasteiger partial charge on any atom is 0.306 e. The molecule has 4 rings (SSSR count). The summed E-state index contributed by atoms with van der Waals surface area (Å²) >= 11 is 6.11. The first-order valence-electron chi connectivity index (χ1n) is 10.7. The number of nitrogens with one attached hydrogen (secondary N) is 1. The molecule has 0 saturated heterocycles. The summed E-state index contributed by atoms with van der Waals surface area (Å²) in [5, 5.41) is 13.2. The molecular formula is C25H25ClN2O4. The van der Waals surface area contributed by atoms with Gasteiger partial charge in [-0.05, 0) is 41.7 Å². The number of carbonyl (C=O) groups excluding carboxylic acids is 1. The Hall–Kier alpha value is -3.12. The molecule has 1 fully saturated rings. The highest BCUT2D eigenvalue weighted by Gasteiger charge is 2.57. The molecule has 166 valence electrons. The van der Waals surface area contributed by atoms with Gasteiger partial charge < -0.3 is 14.8 Å². The highest BCUT2D eigenvalue weighted by atomic mass is 35.5. The van der Waals surface area contributed by atoms with Crippen LogP contribution in [0, 0.1) is 5.92 Å². The average Bonchev–Trinajstić information content (AvgIpc) is 3.24. The maximum atomic E-state index is 12.8. The highest BCUT2D eigenvalue weighted by molar-refractivity contribution is 6.30. The standard InChI is InChI=1S/C25H25ClN2O4/c1-3-22-27-14-21(32-22)23(29)28-25(12-15(2)24(30)31)13-20(25)17-9-7-16(8-10-17)18-5-4-6-19(26)11-18/h4-11,14-15,20H,3,12-13H2,1-2H3,(H,28,29)(H,30,31)/t15-,20+,25?/m1/s1. The second-order valence-corrected chi connectivity index (χ2v) is 8.85. The SMILES string of the molecule is CCc1ncc(C(=O)NC2(C[C@@H](C)C(=O)O)C[C@H]2c2ccc(-c3cccc(Cl)c3)cc2)o1. The number of rotatable bonds is 8. The molecular weight excluding hydrogens is 428 g/mol. The van der Waals surface area contributed by atoms with Gasteiger partial charge in [0.05, 0.1) is 12.1 Å². The topological polar surface area (TPSA) is 92.4 Å². The van der Waals surface area contributed by atoms with Crippen molar-refractivity contribution in [2.24, 2.45) is 5.92 Å². The molecule has 7 heteroatoms. The molecule has 1 saturated carbocycles. The molecule has 1 amide bonds. The molecule has 0 radical (unpaired) electrons. The van der Waals surface area contributed by atoms with Crippen LogP contribution >= 0.6 is 11.6 Å². The fraction of sp³-hybridized carbons (Fsp3) is 0.320. The van der Waals surface area contributed by atoms with Gasteiger partial charge in [0, 0.05) is 22.9 Å². The lowest BCUT2D eigenvalue weighted by Gasteiger charge is -2.21. The van der Waals surface area contributed by atoms with Crippen LogP contribution in [0.5, 0.6) is 0 Å². The number of carbonyl (C=O) groups is 2. The minimum atomic E-state index is -0.881. The Morgan fingerprint density at radius 1 is 1.25 bits per heavy atom. The molecule has 3 atom stereocenters. The highest BCUT2D eigenvalue weighted by Crippen LogP contribution is 2.55. The number of halogens is 1. The molecule has 1 aromatic heterocycles. The van der Waals surface area contributed by atoms with Crippen molar-refractivity contribution in [3.05, 3.63) is 77.0 Å². The Labute approximate surface area is 191 Å². The second kappa shape index (κ2) is 8.79. The van der Waals surface area contributed by atoms with E-state index in [1.165, 1.54) is 6.20 Å². The third-order valence-electron chi connectivity index (χ3n) is 6.08. The van der Waals surface area contributed by atoms with E-state index in [4.69, 9.17) is 16.0 Å². The lowest BCUT2D eigenvalue weighted by atomic mass is 9.94. The fourth-order valence-corrected chi connectivity index (χ4v) is 4.42. The minimum absolute atomic E-state index is 0.0234. The predicted octanol–water partition coefficient (Wildman–Crippen LogP) is 5.32. The number of oxazole rings is 1. The Kier molecular flexibility index (Phi) is 6.07. The molecule has 1 heterocycles. The van der Waals surface area contributed by atoms with Crippen LogP contribution in [0.3, 0.4) is 0 Å². The van der Waals surface area contributed by atoms with Gasteiger partial charge in [-0.25, -0.2) is 4.98 Å². The number of nitrogens with zero attached hydrogens (tertiary/aromatic N) is 1. The van der Waals surface area contributed by atoms with E-state index < -0.39 is 17.4 Å². The van der Waals surface area contributed by atoms with Gasteiger partial charge in [0.1, 0.15) is 0 Å². The van der Waals surface area contributed by atoms with Gasteiger partial charge in [-0.15, -0.1) is 0 Å². The van der Waals surface area contributed by atoms with E-state index >= 15 is 0 Å². The molecule has 1 unspecified atom stereocenters. The minimum Gasteiger partial charge on any atom is -0.481 e. The summed E-state index contributed by atoms with van der Waals surface area (Å²) < 4.78 is 5.49. The van der Waals surface area contributed by atoms with E-state index in [1.54, 1.807) is 6.92 Å². The van der Waals surface area contributed by atoms with Gasteiger partial charge in [-0.3, -0.25) is 9.59 Å². The van der Waals surface area contributed by atoms with Crippen molar-refractivity contribution in [1.29, 1.82) is 0 Å². The summed E-state index contributed by atoms with van der Waals surface area (Å²) in [4.78, 5) is 28.4. The normalized spacial score (nSPS) is 20.5. The van der Waals surface area contributed by atoms with Crippen molar-refractivity contribution in [2.75, 3.05) is 0 Å². The van der Waals surface area contributed by atoms with Gasteiger partial charge in [0.15, 0.2) is 5.89 Å². The quantitative estimate of drug-likeness (QED) is 0.482. The number of aryl methyl sites for hydroxylation is 1. The molecule has 0 aliphatic heterocycles. The lowest BCUT2D eigenvalue weighted by Crippen LogP contribution is -2.40. The number of aromatic nitrogens is 1. The molecule has 3 aromatic rings. The number of hydrogen-bond donors (Lipinski definition) is 2. The third-order valence-corrected chi connectivity index (χ3v) is 6.32. The van der Waals surface area contributed by atoms with Crippen molar-refractivity contribution in [1.82, 2.24) is 10.3 Å². The van der Waals surface area contributed by atoms with Gasteiger partial charge in [0.2, 0.25) is 5.76 Å². The third kappa shape index (κ3) is 4.55. The Morgan fingerprint density at radius 2 is 2.00 bits per heavy atom. The summed E-state index contributed by atoms with van der Waals surface area (Å²) in [5.74, 6) is -1.18. The van der Waals surface area contributed by atoms with E-state index in [1.807, 2.05) is 55.5 Å². The largest absolute Gasteiger partial charge is 0.481 e. The fourth-order valence-electron chi connectivity index (χ4n) is 4.23. The first-order valence-corrected chi connectivity index (χ1v) is 11.0. The molecule has 32 heavy (non-hydrogen) atoms. The van der Waals surface area contributed by atoms with E-state index in [-0.39, 0.29) is 17.6 Å². The van der Waals surface area contributed by atoms with Gasteiger partial charge in [-0.2, -0.15) is 0 Å². The van der Waals surface area contributed by atoms with Crippen LogP contribution in [0.4, 0.5) is 0 Å². The summed E-state index contributed by atoms with van der Waals surface area (Å²) in [5.41, 5.74) is 2.49. The Bertz CT molecular complexity index is 1140. The summed E-state index contributed by atoms with van der Waals surface area (Å²) in [6, 6.07) is 15.8. The van der Waals surface area contributed by atoms with Crippen LogP contribution in [0.2, 0.25) is 5.02 Å². The zero-order valence-electron chi connectivity index (χ0n) is 18.0. The van der Waals surface area contributed by atoms with E-state index in [9.17, 15) is 14.7 Å². The van der Waals surface area contributed by atoms with Gasteiger partial charge in [-0.1, -0.05) is 61.8 Å². The molecule has 0 bridgehead atoms. The molecule has 1 aliphatic carbocycles. The van der Waals surface area contributed by atoms with Crippen LogP contribution in [0.25, 0.3) is 11.1 Å². The van der Waals surface area contributed by atoms with E-state index in [2.05, 4.69) is 10.3 Å². The Morgan fingerprint density at radius 3 is 2.62 bits per heavy atom. The molecule has 2 N–H and O–H groups in total. The van der Waals surface area contributed by atoms with Crippen LogP contribution < -0.4 is 5.32 Å².